The summed E-state index contributed by atoms with van der Waals surface area (Å²) < 4.78 is 7.11. The quantitative estimate of drug-likeness (QED) is 0.305. The number of ketones is 1. The molecule has 0 aromatic carbocycles. The molecule has 154 valence electrons. The number of rotatable bonds is 7. The van der Waals surface area contributed by atoms with Crippen LogP contribution in [0.25, 0.3) is 0 Å². The minimum atomic E-state index is -1.05. The standard InChI is InChI=1S/C22H26N2O5/c1-5-10-23-13(2)11-18(14(23)3)19(25)12-29-22(28)15(4)24-20(26)16-8-6-7-9-17(16)21(24)27/h5-7,11,15-17H,1,8-10,12H2,2-4H3/t15-,16+,17+/m0/s1. The highest BCUT2D eigenvalue weighted by molar-refractivity contribution is 6.08. The number of ether oxygens (including phenoxy) is 1. The van der Waals surface area contributed by atoms with Crippen LogP contribution in [0, 0.1) is 25.7 Å². The third-order valence-corrected chi connectivity index (χ3v) is 5.80. The number of nitrogens with zero attached hydrogens (tertiary/aromatic N) is 2. The molecule has 7 heteroatoms. The molecule has 1 aromatic rings. The van der Waals surface area contributed by atoms with E-state index < -0.39 is 30.5 Å². The Morgan fingerprint density at radius 1 is 1.21 bits per heavy atom. The van der Waals surface area contributed by atoms with E-state index in [4.69, 9.17) is 4.74 Å². The third-order valence-electron chi connectivity index (χ3n) is 5.80. The van der Waals surface area contributed by atoms with E-state index in [1.165, 1.54) is 6.92 Å². The number of allylic oxidation sites excluding steroid dienone is 3. The normalized spacial score (nSPS) is 21.8. The van der Waals surface area contributed by atoms with Gasteiger partial charge in [-0.05, 0) is 39.7 Å². The molecule has 0 N–H and O–H groups in total. The molecule has 0 spiro atoms. The molecule has 0 bridgehead atoms. The molecule has 2 aliphatic rings. The Morgan fingerprint density at radius 2 is 1.79 bits per heavy atom. The Bertz CT molecular complexity index is 885. The molecular weight excluding hydrogens is 372 g/mol. The van der Waals surface area contributed by atoms with E-state index in [1.54, 1.807) is 12.1 Å². The fourth-order valence-electron chi connectivity index (χ4n) is 4.14. The summed E-state index contributed by atoms with van der Waals surface area (Å²) in [5.74, 6) is -2.57. The van der Waals surface area contributed by atoms with Crippen LogP contribution in [-0.4, -0.2) is 45.7 Å². The number of Topliss-reactive ketones (excluding diaryl/α,β-unsaturated/α-hetero) is 1. The zero-order valence-electron chi connectivity index (χ0n) is 17.0. The Hall–Kier alpha value is -2.96. The summed E-state index contributed by atoms with van der Waals surface area (Å²) >= 11 is 0. The fourth-order valence-corrected chi connectivity index (χ4v) is 4.14. The van der Waals surface area contributed by atoms with Crippen molar-refractivity contribution in [3.63, 3.8) is 0 Å². The molecule has 3 atom stereocenters. The zero-order chi connectivity index (χ0) is 21.3. The van der Waals surface area contributed by atoms with Gasteiger partial charge in [0.05, 0.1) is 11.8 Å². The number of aryl methyl sites for hydroxylation is 1. The zero-order valence-corrected chi connectivity index (χ0v) is 17.0. The van der Waals surface area contributed by atoms with E-state index >= 15 is 0 Å². The molecule has 29 heavy (non-hydrogen) atoms. The fraction of sp³-hybridized carbons (Fsp3) is 0.455. The molecule has 7 nitrogen and oxygen atoms in total. The number of hydrogen-bond acceptors (Lipinski definition) is 5. The van der Waals surface area contributed by atoms with Gasteiger partial charge >= 0.3 is 5.97 Å². The molecule has 1 aromatic heterocycles. The van der Waals surface area contributed by atoms with Crippen molar-refractivity contribution in [1.82, 2.24) is 9.47 Å². The number of imide groups is 1. The summed E-state index contributed by atoms with van der Waals surface area (Å²) in [7, 11) is 0. The highest BCUT2D eigenvalue weighted by Gasteiger charge is 2.50. The Balaban J connectivity index is 1.64. The monoisotopic (exact) mass is 398 g/mol. The summed E-state index contributed by atoms with van der Waals surface area (Å²) in [6.45, 7) is 9.03. The maximum absolute atomic E-state index is 12.6. The maximum atomic E-state index is 12.6. The first-order valence-electron chi connectivity index (χ1n) is 9.77. The summed E-state index contributed by atoms with van der Waals surface area (Å²) in [5.41, 5.74) is 2.17. The number of fused-ring (bicyclic) bond motifs is 1. The number of carbonyl (C=O) groups excluding carboxylic acids is 4. The van der Waals surface area contributed by atoms with Crippen molar-refractivity contribution in [3.05, 3.63) is 47.8 Å². The third kappa shape index (κ3) is 3.69. The van der Waals surface area contributed by atoms with E-state index in [-0.39, 0.29) is 17.6 Å². The molecule has 3 rings (SSSR count). The second-order valence-corrected chi connectivity index (χ2v) is 7.59. The van der Waals surface area contributed by atoms with Crippen LogP contribution in [0.2, 0.25) is 0 Å². The first-order valence-corrected chi connectivity index (χ1v) is 9.77. The number of esters is 1. The van der Waals surface area contributed by atoms with Crippen LogP contribution < -0.4 is 0 Å². The molecule has 1 aliphatic carbocycles. The van der Waals surface area contributed by atoms with Crippen LogP contribution in [0.15, 0.2) is 30.9 Å². The van der Waals surface area contributed by atoms with Crippen LogP contribution in [0.5, 0.6) is 0 Å². The lowest BCUT2D eigenvalue weighted by Crippen LogP contribution is -2.44. The number of amides is 2. The number of aromatic nitrogens is 1. The minimum absolute atomic E-state index is 0.328. The highest BCUT2D eigenvalue weighted by Crippen LogP contribution is 2.36. The van der Waals surface area contributed by atoms with Gasteiger partial charge in [0, 0.05) is 23.5 Å². The van der Waals surface area contributed by atoms with Gasteiger partial charge in [0.15, 0.2) is 6.61 Å². The van der Waals surface area contributed by atoms with Gasteiger partial charge in [-0.25, -0.2) is 4.79 Å². The van der Waals surface area contributed by atoms with Crippen molar-refractivity contribution in [2.24, 2.45) is 11.8 Å². The van der Waals surface area contributed by atoms with Crippen LogP contribution >= 0.6 is 0 Å². The Kier molecular flexibility index (Phi) is 5.86. The van der Waals surface area contributed by atoms with Crippen molar-refractivity contribution in [2.75, 3.05) is 6.61 Å². The van der Waals surface area contributed by atoms with E-state index in [0.29, 0.717) is 24.9 Å². The highest BCUT2D eigenvalue weighted by atomic mass is 16.5. The summed E-state index contributed by atoms with van der Waals surface area (Å²) in [6, 6.07) is 0.700. The first kappa shape index (κ1) is 20.8. The molecule has 1 saturated heterocycles. The molecule has 1 fully saturated rings. The van der Waals surface area contributed by atoms with Crippen LogP contribution in [0.1, 0.15) is 41.5 Å². The number of carbonyl (C=O) groups is 4. The van der Waals surface area contributed by atoms with Gasteiger partial charge in [-0.1, -0.05) is 18.2 Å². The molecule has 0 saturated carbocycles. The van der Waals surface area contributed by atoms with Gasteiger partial charge in [-0.15, -0.1) is 6.58 Å². The second kappa shape index (κ2) is 8.19. The van der Waals surface area contributed by atoms with Crippen LogP contribution in [0.4, 0.5) is 0 Å². The summed E-state index contributed by atoms with van der Waals surface area (Å²) in [6.07, 6.45) is 6.53. The molecular formula is C22H26N2O5. The van der Waals surface area contributed by atoms with Crippen molar-refractivity contribution in [3.8, 4) is 0 Å². The largest absolute Gasteiger partial charge is 0.456 e. The summed E-state index contributed by atoms with van der Waals surface area (Å²) in [5, 5.41) is 0. The Morgan fingerprint density at radius 3 is 2.34 bits per heavy atom. The topological polar surface area (TPSA) is 85.7 Å². The van der Waals surface area contributed by atoms with E-state index in [2.05, 4.69) is 6.58 Å². The van der Waals surface area contributed by atoms with Gasteiger partial charge in [0.1, 0.15) is 6.04 Å². The average Bonchev–Trinajstić information content (AvgIpc) is 3.13. The number of likely N-dealkylation sites (tertiary alicyclic amines) is 1. The number of hydrogen-bond donors (Lipinski definition) is 0. The lowest BCUT2D eigenvalue weighted by Gasteiger charge is -2.21. The molecule has 1 aliphatic heterocycles. The van der Waals surface area contributed by atoms with Crippen LogP contribution in [-0.2, 0) is 25.7 Å². The lowest BCUT2D eigenvalue weighted by molar-refractivity contribution is -0.157. The van der Waals surface area contributed by atoms with E-state index in [1.807, 2.05) is 30.6 Å². The predicted octanol–water partition coefficient (Wildman–Crippen LogP) is 2.36. The van der Waals surface area contributed by atoms with Crippen LogP contribution in [0.3, 0.4) is 0 Å². The van der Waals surface area contributed by atoms with Gasteiger partial charge in [0.25, 0.3) is 0 Å². The smallest absolute Gasteiger partial charge is 0.329 e. The average molecular weight is 398 g/mol. The molecule has 0 radical (unpaired) electrons. The summed E-state index contributed by atoms with van der Waals surface area (Å²) in [4.78, 5) is 51.2. The molecule has 0 unspecified atom stereocenters. The Labute approximate surface area is 170 Å². The second-order valence-electron chi connectivity index (χ2n) is 7.59. The van der Waals surface area contributed by atoms with E-state index in [9.17, 15) is 19.2 Å². The van der Waals surface area contributed by atoms with Gasteiger partial charge < -0.3 is 9.30 Å². The van der Waals surface area contributed by atoms with Crippen molar-refractivity contribution in [1.29, 1.82) is 0 Å². The maximum Gasteiger partial charge on any atom is 0.329 e. The predicted molar refractivity (Wildman–Crippen MR) is 106 cm³/mol. The van der Waals surface area contributed by atoms with Gasteiger partial charge in [0.2, 0.25) is 17.6 Å². The molecule has 2 amide bonds. The SMILES string of the molecule is C=CCn1c(C)cc(C(=O)COC(=O)[C@H](C)N2C(=O)[C@@H]3CC=CC[C@H]3C2=O)c1C. The van der Waals surface area contributed by atoms with Crippen molar-refractivity contribution in [2.45, 2.75) is 46.2 Å². The van der Waals surface area contributed by atoms with Gasteiger partial charge in [-0.3, -0.25) is 19.3 Å². The van der Waals surface area contributed by atoms with Crippen molar-refractivity contribution >= 4 is 23.6 Å². The lowest BCUT2D eigenvalue weighted by atomic mass is 9.85. The van der Waals surface area contributed by atoms with Crippen molar-refractivity contribution < 1.29 is 23.9 Å². The van der Waals surface area contributed by atoms with Gasteiger partial charge in [-0.2, -0.15) is 0 Å². The molecule has 2 heterocycles. The minimum Gasteiger partial charge on any atom is -0.456 e. The van der Waals surface area contributed by atoms with E-state index in [0.717, 1.165) is 16.3 Å². The first-order chi connectivity index (χ1) is 13.8.